The molecule has 0 aliphatic rings. The first-order valence-corrected chi connectivity index (χ1v) is 9.65. The van der Waals surface area contributed by atoms with E-state index in [9.17, 15) is 14.6 Å². The molecule has 0 saturated carbocycles. The number of rotatable bonds is 8. The third-order valence-electron chi connectivity index (χ3n) is 3.29. The maximum atomic E-state index is 11.9. The van der Waals surface area contributed by atoms with Gasteiger partial charge in [-0.05, 0) is 48.3 Å². The van der Waals surface area contributed by atoms with Crippen LogP contribution >= 0.6 is 7.60 Å². The predicted molar refractivity (Wildman–Crippen MR) is 88.1 cm³/mol. The lowest BCUT2D eigenvalue weighted by Gasteiger charge is -2.24. The van der Waals surface area contributed by atoms with E-state index in [1.165, 1.54) is 0 Å². The van der Waals surface area contributed by atoms with Gasteiger partial charge in [-0.1, -0.05) is 39.8 Å². The van der Waals surface area contributed by atoms with Gasteiger partial charge in [0.05, 0.1) is 6.61 Å². The fourth-order valence-electron chi connectivity index (χ4n) is 2.58. The largest absolute Gasteiger partial charge is 0.778 e. The van der Waals surface area contributed by atoms with E-state index in [4.69, 9.17) is 4.52 Å². The van der Waals surface area contributed by atoms with Gasteiger partial charge < -0.3 is 19.1 Å². The van der Waals surface area contributed by atoms with Crippen molar-refractivity contribution in [3.8, 4) is 5.75 Å². The number of hydrogen-bond acceptors (Lipinski definition) is 4. The SMILES string of the molecule is CCOP(=O)([O-])Cc1cc(CC(C)C)c(O)c(CC(C)C)c1. The van der Waals surface area contributed by atoms with Crippen molar-refractivity contribution in [1.82, 2.24) is 0 Å². The molecule has 0 aliphatic heterocycles. The number of phenolic OH excluding ortho intramolecular Hbond substituents is 1. The van der Waals surface area contributed by atoms with Crippen molar-refractivity contribution in [2.45, 2.75) is 53.6 Å². The van der Waals surface area contributed by atoms with Gasteiger partial charge >= 0.3 is 0 Å². The summed E-state index contributed by atoms with van der Waals surface area (Å²) < 4.78 is 16.7. The molecule has 0 heterocycles. The van der Waals surface area contributed by atoms with Crippen LogP contribution in [-0.4, -0.2) is 11.7 Å². The molecule has 0 amide bonds. The lowest BCUT2D eigenvalue weighted by molar-refractivity contribution is -0.198. The van der Waals surface area contributed by atoms with E-state index in [1.807, 2.05) is 0 Å². The zero-order valence-electron chi connectivity index (χ0n) is 14.3. The molecule has 1 N–H and O–H groups in total. The molecule has 0 saturated heterocycles. The number of phenols is 1. The third-order valence-corrected chi connectivity index (χ3v) is 4.69. The Balaban J connectivity index is 3.18. The molecule has 0 bridgehead atoms. The number of aromatic hydroxyl groups is 1. The first-order valence-electron chi connectivity index (χ1n) is 7.92. The van der Waals surface area contributed by atoms with E-state index in [-0.39, 0.29) is 12.8 Å². The molecule has 0 spiro atoms. The molecule has 22 heavy (non-hydrogen) atoms. The van der Waals surface area contributed by atoms with Crippen molar-refractivity contribution in [3.05, 3.63) is 28.8 Å². The minimum absolute atomic E-state index is 0.128. The summed E-state index contributed by atoms with van der Waals surface area (Å²) in [6, 6.07) is 3.59. The van der Waals surface area contributed by atoms with Gasteiger partial charge in [-0.2, -0.15) is 0 Å². The van der Waals surface area contributed by atoms with E-state index in [0.717, 1.165) is 24.0 Å². The van der Waals surface area contributed by atoms with Crippen molar-refractivity contribution in [2.24, 2.45) is 11.8 Å². The molecule has 0 aliphatic carbocycles. The average Bonchev–Trinajstić information content (AvgIpc) is 2.32. The van der Waals surface area contributed by atoms with E-state index in [0.29, 0.717) is 23.1 Å². The molecule has 4 nitrogen and oxygen atoms in total. The second kappa shape index (κ2) is 8.14. The topological polar surface area (TPSA) is 69.6 Å². The fourth-order valence-corrected chi connectivity index (χ4v) is 3.69. The Morgan fingerprint density at radius 3 is 1.95 bits per heavy atom. The normalized spacial score (nSPS) is 14.5. The molecule has 0 fully saturated rings. The number of hydrogen-bond donors (Lipinski definition) is 1. The Morgan fingerprint density at radius 2 is 1.59 bits per heavy atom. The Hall–Kier alpha value is -0.830. The van der Waals surface area contributed by atoms with Crippen LogP contribution in [0.2, 0.25) is 0 Å². The summed E-state index contributed by atoms with van der Waals surface area (Å²) in [6.07, 6.45) is 1.32. The lowest BCUT2D eigenvalue weighted by Crippen LogP contribution is -2.08. The maximum absolute atomic E-state index is 11.9. The zero-order chi connectivity index (χ0) is 16.9. The highest BCUT2D eigenvalue weighted by Gasteiger charge is 2.16. The standard InChI is InChI=1S/C17H29O4P/c1-6-21-22(19,20)11-14-9-15(7-12(2)3)17(18)16(10-14)8-13(4)5/h9-10,12-13,18H,6-8,11H2,1-5H3,(H,19,20)/p-1. The Bertz CT molecular complexity index is 506. The second-order valence-corrected chi connectivity index (χ2v) is 8.44. The highest BCUT2D eigenvalue weighted by atomic mass is 31.2. The zero-order valence-corrected chi connectivity index (χ0v) is 15.2. The first kappa shape index (κ1) is 19.2. The summed E-state index contributed by atoms with van der Waals surface area (Å²) in [5, 5.41) is 10.4. The second-order valence-electron chi connectivity index (χ2n) is 6.65. The van der Waals surface area contributed by atoms with Crippen LogP contribution in [0.25, 0.3) is 0 Å². The van der Waals surface area contributed by atoms with Crippen molar-refractivity contribution in [3.63, 3.8) is 0 Å². The van der Waals surface area contributed by atoms with Gasteiger partial charge in [0.25, 0.3) is 0 Å². The van der Waals surface area contributed by atoms with Gasteiger partial charge in [0.2, 0.25) is 0 Å². The van der Waals surface area contributed by atoms with Gasteiger partial charge in [0, 0.05) is 6.16 Å². The summed E-state index contributed by atoms with van der Waals surface area (Å²) in [5.41, 5.74) is 2.33. The monoisotopic (exact) mass is 327 g/mol. The van der Waals surface area contributed by atoms with Gasteiger partial charge in [-0.15, -0.1) is 0 Å². The number of benzene rings is 1. The van der Waals surface area contributed by atoms with Crippen LogP contribution in [0.1, 0.15) is 51.3 Å². The van der Waals surface area contributed by atoms with Gasteiger partial charge in [0.1, 0.15) is 13.3 Å². The van der Waals surface area contributed by atoms with Crippen LogP contribution in [-0.2, 0) is 28.1 Å². The molecular weight excluding hydrogens is 299 g/mol. The van der Waals surface area contributed by atoms with Crippen LogP contribution in [0.4, 0.5) is 0 Å². The highest BCUT2D eigenvalue weighted by Crippen LogP contribution is 2.42. The molecule has 126 valence electrons. The average molecular weight is 327 g/mol. The Kier molecular flexibility index (Phi) is 7.11. The molecular formula is C17H28O4P-. The van der Waals surface area contributed by atoms with E-state index in [1.54, 1.807) is 19.1 Å². The maximum Gasteiger partial charge on any atom is 0.139 e. The van der Waals surface area contributed by atoms with Crippen LogP contribution in [0.3, 0.4) is 0 Å². The summed E-state index contributed by atoms with van der Waals surface area (Å²) in [6.45, 7) is 10.1. The van der Waals surface area contributed by atoms with Crippen LogP contribution < -0.4 is 4.89 Å². The van der Waals surface area contributed by atoms with E-state index < -0.39 is 7.60 Å². The van der Waals surface area contributed by atoms with Crippen molar-refractivity contribution in [2.75, 3.05) is 6.61 Å². The minimum atomic E-state index is -3.87. The lowest BCUT2D eigenvalue weighted by atomic mass is 9.93. The third kappa shape index (κ3) is 6.12. The van der Waals surface area contributed by atoms with Gasteiger partial charge in [0.15, 0.2) is 0 Å². The molecule has 1 aromatic carbocycles. The Labute approximate surface area is 134 Å². The van der Waals surface area contributed by atoms with Gasteiger partial charge in [-0.3, -0.25) is 0 Å². The summed E-state index contributed by atoms with van der Waals surface area (Å²) >= 11 is 0. The summed E-state index contributed by atoms with van der Waals surface area (Å²) in [4.78, 5) is 11.9. The Morgan fingerprint density at radius 1 is 1.14 bits per heavy atom. The molecule has 1 unspecified atom stereocenters. The van der Waals surface area contributed by atoms with Crippen LogP contribution in [0, 0.1) is 11.8 Å². The molecule has 1 aromatic rings. The molecule has 1 rings (SSSR count). The van der Waals surface area contributed by atoms with Crippen LogP contribution in [0.5, 0.6) is 5.75 Å². The van der Waals surface area contributed by atoms with Crippen molar-refractivity contribution < 1.29 is 19.1 Å². The first-order chi connectivity index (χ1) is 10.1. The smallest absolute Gasteiger partial charge is 0.139 e. The summed E-state index contributed by atoms with van der Waals surface area (Å²) in [5.74, 6) is 1.08. The molecule has 1 atom stereocenters. The van der Waals surface area contributed by atoms with Crippen molar-refractivity contribution in [1.29, 1.82) is 0 Å². The molecule has 5 heteroatoms. The highest BCUT2D eigenvalue weighted by molar-refractivity contribution is 7.50. The fraction of sp³-hybridized carbons (Fsp3) is 0.647. The summed E-state index contributed by atoms with van der Waals surface area (Å²) in [7, 11) is -3.87. The van der Waals surface area contributed by atoms with Crippen LogP contribution in [0.15, 0.2) is 12.1 Å². The van der Waals surface area contributed by atoms with E-state index in [2.05, 4.69) is 27.7 Å². The quantitative estimate of drug-likeness (QED) is 0.736. The van der Waals surface area contributed by atoms with Gasteiger partial charge in [-0.25, -0.2) is 0 Å². The van der Waals surface area contributed by atoms with E-state index >= 15 is 0 Å². The predicted octanol–water partition coefficient (Wildman–Crippen LogP) is 3.88. The molecule has 0 radical (unpaired) electrons. The van der Waals surface area contributed by atoms with Crippen molar-refractivity contribution >= 4 is 7.60 Å². The minimum Gasteiger partial charge on any atom is -0.778 e. The molecule has 0 aromatic heterocycles.